The quantitative estimate of drug-likeness (QED) is 0.445. The number of carboxylic acids is 1. The highest BCUT2D eigenvalue weighted by Gasteiger charge is 2.13. The zero-order valence-corrected chi connectivity index (χ0v) is 17.1. The Bertz CT molecular complexity index is 850. The van der Waals surface area contributed by atoms with E-state index < -0.39 is 11.9 Å². The van der Waals surface area contributed by atoms with Gasteiger partial charge in [0, 0.05) is 3.57 Å². The molecule has 0 saturated carbocycles. The van der Waals surface area contributed by atoms with Gasteiger partial charge in [0.15, 0.2) is 11.7 Å². The molecular formula is C18H17IN2O4S. The number of aryl methyl sites for hydroxylation is 2. The van der Waals surface area contributed by atoms with E-state index in [-0.39, 0.29) is 17.3 Å². The highest BCUT2D eigenvalue weighted by Crippen LogP contribution is 2.19. The van der Waals surface area contributed by atoms with E-state index in [1.807, 2.05) is 54.6 Å². The number of carboxylic acid groups (broad SMARTS) is 1. The number of carbonyl (C=O) groups excluding carboxylic acids is 1. The molecule has 0 bridgehead atoms. The minimum Gasteiger partial charge on any atom is -0.484 e. The lowest BCUT2D eigenvalue weighted by Gasteiger charge is -2.13. The van der Waals surface area contributed by atoms with Gasteiger partial charge in [0.05, 0.1) is 11.3 Å². The molecule has 2 aromatic rings. The van der Waals surface area contributed by atoms with Crippen LogP contribution < -0.4 is 15.4 Å². The molecule has 2 rings (SSSR count). The third-order valence-electron chi connectivity index (χ3n) is 3.28. The normalized spacial score (nSPS) is 10.1. The fourth-order valence-electron chi connectivity index (χ4n) is 2.28. The molecule has 0 unspecified atom stereocenters. The van der Waals surface area contributed by atoms with Crippen molar-refractivity contribution >= 4 is 57.5 Å². The van der Waals surface area contributed by atoms with E-state index in [9.17, 15) is 14.7 Å². The number of rotatable bonds is 5. The molecule has 0 spiro atoms. The smallest absolute Gasteiger partial charge is 0.337 e. The zero-order valence-electron chi connectivity index (χ0n) is 14.1. The number of carbonyl (C=O) groups is 2. The molecule has 6 nitrogen and oxygen atoms in total. The number of thiocarbonyl (C=S) groups is 1. The van der Waals surface area contributed by atoms with Crippen LogP contribution in [-0.2, 0) is 4.79 Å². The molecule has 3 N–H and O–H groups in total. The van der Waals surface area contributed by atoms with Crippen molar-refractivity contribution in [2.45, 2.75) is 13.8 Å². The first-order valence-corrected chi connectivity index (χ1v) is 9.08. The number of hydrogen-bond donors (Lipinski definition) is 3. The number of halogens is 1. The Morgan fingerprint density at radius 2 is 1.81 bits per heavy atom. The molecule has 0 atom stereocenters. The minimum absolute atomic E-state index is 0.00253. The van der Waals surface area contributed by atoms with Crippen LogP contribution in [0.3, 0.4) is 0 Å². The second-order valence-electron chi connectivity index (χ2n) is 5.61. The summed E-state index contributed by atoms with van der Waals surface area (Å²) in [4.78, 5) is 23.3. The second kappa shape index (κ2) is 8.95. The van der Waals surface area contributed by atoms with Gasteiger partial charge >= 0.3 is 5.97 Å². The van der Waals surface area contributed by atoms with Crippen molar-refractivity contribution in [2.75, 3.05) is 11.9 Å². The van der Waals surface area contributed by atoms with Gasteiger partial charge in [-0.25, -0.2) is 4.79 Å². The van der Waals surface area contributed by atoms with E-state index in [4.69, 9.17) is 17.0 Å². The Hall–Kier alpha value is -2.20. The summed E-state index contributed by atoms with van der Waals surface area (Å²) in [5, 5.41) is 14.4. The molecule has 0 aromatic heterocycles. The van der Waals surface area contributed by atoms with E-state index in [2.05, 4.69) is 10.6 Å². The molecule has 0 fully saturated rings. The molecule has 26 heavy (non-hydrogen) atoms. The third-order valence-corrected chi connectivity index (χ3v) is 4.15. The van der Waals surface area contributed by atoms with Crippen LogP contribution >= 0.6 is 34.8 Å². The van der Waals surface area contributed by atoms with Crippen molar-refractivity contribution in [3.05, 3.63) is 56.7 Å². The van der Waals surface area contributed by atoms with Gasteiger partial charge in [-0.05, 0) is 90.1 Å². The van der Waals surface area contributed by atoms with Crippen LogP contribution in [0.25, 0.3) is 0 Å². The number of benzene rings is 2. The van der Waals surface area contributed by atoms with Gasteiger partial charge in [0.2, 0.25) is 0 Å². The molecular weight excluding hydrogens is 467 g/mol. The Labute approximate surface area is 170 Å². The molecule has 1 amide bonds. The van der Waals surface area contributed by atoms with Gasteiger partial charge in [0.25, 0.3) is 5.91 Å². The summed E-state index contributed by atoms with van der Waals surface area (Å²) in [5.41, 5.74) is 2.45. The highest BCUT2D eigenvalue weighted by atomic mass is 127. The van der Waals surface area contributed by atoms with Crippen LogP contribution in [0, 0.1) is 17.4 Å². The maximum absolute atomic E-state index is 12.0. The summed E-state index contributed by atoms with van der Waals surface area (Å²) >= 11 is 7.09. The number of ether oxygens (including phenoxy) is 1. The van der Waals surface area contributed by atoms with E-state index in [1.165, 1.54) is 6.07 Å². The van der Waals surface area contributed by atoms with Gasteiger partial charge in [-0.15, -0.1) is 0 Å². The first kappa shape index (κ1) is 20.1. The Morgan fingerprint density at radius 3 is 2.42 bits per heavy atom. The van der Waals surface area contributed by atoms with Crippen molar-refractivity contribution in [1.29, 1.82) is 0 Å². The standard InChI is InChI=1S/C18H17IN2O4S/c1-10-5-11(2)7-13(6-10)25-9-16(22)21-18(26)20-15-4-3-12(19)8-14(15)17(23)24/h3-8H,9H2,1-2H3,(H,23,24)(H2,20,21,22,26). The predicted octanol–water partition coefficient (Wildman–Crippen LogP) is 3.50. The summed E-state index contributed by atoms with van der Waals surface area (Å²) in [6, 6.07) is 10.5. The monoisotopic (exact) mass is 484 g/mol. The van der Waals surface area contributed by atoms with E-state index in [1.54, 1.807) is 12.1 Å². The van der Waals surface area contributed by atoms with Gasteiger partial charge in [0.1, 0.15) is 5.75 Å². The van der Waals surface area contributed by atoms with Crippen molar-refractivity contribution < 1.29 is 19.4 Å². The molecule has 0 aliphatic carbocycles. The summed E-state index contributed by atoms with van der Waals surface area (Å²) in [6.45, 7) is 3.68. The average molecular weight is 484 g/mol. The van der Waals surface area contributed by atoms with Crippen LogP contribution in [0.15, 0.2) is 36.4 Å². The van der Waals surface area contributed by atoms with Crippen LogP contribution in [0.5, 0.6) is 5.75 Å². The van der Waals surface area contributed by atoms with Crippen LogP contribution in [-0.4, -0.2) is 28.7 Å². The molecule has 2 aromatic carbocycles. The molecule has 0 aliphatic rings. The van der Waals surface area contributed by atoms with Crippen molar-refractivity contribution in [3.63, 3.8) is 0 Å². The van der Waals surface area contributed by atoms with Gasteiger partial charge < -0.3 is 15.2 Å². The molecule has 0 saturated heterocycles. The topological polar surface area (TPSA) is 87.7 Å². The first-order chi connectivity index (χ1) is 12.2. The largest absolute Gasteiger partial charge is 0.484 e. The third kappa shape index (κ3) is 5.95. The van der Waals surface area contributed by atoms with Crippen molar-refractivity contribution in [2.24, 2.45) is 0 Å². The number of anilines is 1. The highest BCUT2D eigenvalue weighted by molar-refractivity contribution is 14.1. The number of nitrogens with one attached hydrogen (secondary N) is 2. The molecule has 0 heterocycles. The van der Waals surface area contributed by atoms with Gasteiger partial charge in [-0.3, -0.25) is 10.1 Å². The summed E-state index contributed by atoms with van der Waals surface area (Å²) in [5.74, 6) is -0.926. The van der Waals surface area contributed by atoms with Crippen molar-refractivity contribution in [1.82, 2.24) is 5.32 Å². The predicted molar refractivity (Wildman–Crippen MR) is 112 cm³/mol. The van der Waals surface area contributed by atoms with E-state index in [0.717, 1.165) is 14.7 Å². The Kier molecular flexibility index (Phi) is 6.92. The second-order valence-corrected chi connectivity index (χ2v) is 7.26. The molecule has 136 valence electrons. The summed E-state index contributed by atoms with van der Waals surface area (Å²) in [6.07, 6.45) is 0. The number of aromatic carboxylic acids is 1. The lowest BCUT2D eigenvalue weighted by Crippen LogP contribution is -2.37. The number of hydrogen-bond acceptors (Lipinski definition) is 4. The van der Waals surface area contributed by atoms with E-state index in [0.29, 0.717) is 11.4 Å². The number of amides is 1. The zero-order chi connectivity index (χ0) is 19.3. The fourth-order valence-corrected chi connectivity index (χ4v) is 3.00. The maximum atomic E-state index is 12.0. The summed E-state index contributed by atoms with van der Waals surface area (Å²) < 4.78 is 6.24. The fraction of sp³-hybridized carbons (Fsp3) is 0.167. The molecule has 8 heteroatoms. The van der Waals surface area contributed by atoms with Crippen LogP contribution in [0.1, 0.15) is 21.5 Å². The SMILES string of the molecule is Cc1cc(C)cc(OCC(=O)NC(=S)Nc2ccc(I)cc2C(=O)O)c1. The van der Waals surface area contributed by atoms with Gasteiger partial charge in [-0.1, -0.05) is 6.07 Å². The Balaban J connectivity index is 1.93. The van der Waals surface area contributed by atoms with E-state index >= 15 is 0 Å². The lowest BCUT2D eigenvalue weighted by molar-refractivity contribution is -0.121. The maximum Gasteiger partial charge on any atom is 0.337 e. The average Bonchev–Trinajstić information content (AvgIpc) is 2.53. The molecule has 0 radical (unpaired) electrons. The summed E-state index contributed by atoms with van der Waals surface area (Å²) in [7, 11) is 0. The van der Waals surface area contributed by atoms with Crippen LogP contribution in [0.2, 0.25) is 0 Å². The van der Waals surface area contributed by atoms with Crippen LogP contribution in [0.4, 0.5) is 5.69 Å². The first-order valence-electron chi connectivity index (χ1n) is 7.59. The Morgan fingerprint density at radius 1 is 1.15 bits per heavy atom. The van der Waals surface area contributed by atoms with Crippen molar-refractivity contribution in [3.8, 4) is 5.75 Å². The molecule has 0 aliphatic heterocycles. The minimum atomic E-state index is -1.08. The van der Waals surface area contributed by atoms with Gasteiger partial charge in [-0.2, -0.15) is 0 Å². The lowest BCUT2D eigenvalue weighted by atomic mass is 10.1.